The van der Waals surface area contributed by atoms with E-state index in [2.05, 4.69) is 10.2 Å². The van der Waals surface area contributed by atoms with Gasteiger partial charge in [-0.15, -0.1) is 0 Å². The van der Waals surface area contributed by atoms with Crippen LogP contribution >= 0.6 is 11.6 Å². The second-order valence-corrected chi connectivity index (χ2v) is 6.55. The van der Waals surface area contributed by atoms with Gasteiger partial charge in [0.25, 0.3) is 5.91 Å². The highest BCUT2D eigenvalue weighted by atomic mass is 35.5. The highest BCUT2D eigenvalue weighted by Gasteiger charge is 2.27. The molecule has 1 amide bonds. The number of piperidine rings is 1. The monoisotopic (exact) mass is 362 g/mol. The average Bonchev–Trinajstić information content (AvgIpc) is 3.12. The first-order valence-electron chi connectivity index (χ1n) is 8.60. The molecule has 1 aliphatic rings. The van der Waals surface area contributed by atoms with E-state index in [4.69, 9.17) is 22.1 Å². The molecule has 0 unspecified atom stereocenters. The summed E-state index contributed by atoms with van der Waals surface area (Å²) in [6.45, 7) is 2.69. The summed E-state index contributed by atoms with van der Waals surface area (Å²) < 4.78 is 5.80. The third kappa shape index (κ3) is 4.21. The van der Waals surface area contributed by atoms with Crippen LogP contribution in [0.1, 0.15) is 29.6 Å². The zero-order valence-electron chi connectivity index (χ0n) is 14.1. The molecule has 0 atom stereocenters. The Bertz CT molecular complexity index is 711. The van der Waals surface area contributed by atoms with Crippen LogP contribution in [0, 0.1) is 0 Å². The number of carbonyl (C=O) groups excluding carboxylic acids is 1. The van der Waals surface area contributed by atoms with Crippen molar-refractivity contribution in [1.29, 1.82) is 0 Å². The maximum absolute atomic E-state index is 12.9. The maximum Gasteiger partial charge on any atom is 0.257 e. The number of ether oxygens (including phenoxy) is 1. The normalized spacial score (nSPS) is 15.5. The minimum Gasteiger partial charge on any atom is -0.378 e. The molecular formula is C18H23ClN4O2. The van der Waals surface area contributed by atoms with Crippen LogP contribution in [0.25, 0.3) is 11.3 Å². The van der Waals surface area contributed by atoms with Crippen molar-refractivity contribution in [3.8, 4) is 11.3 Å². The lowest BCUT2D eigenvalue weighted by atomic mass is 10.0. The summed E-state index contributed by atoms with van der Waals surface area (Å²) in [5.41, 5.74) is 7.48. The fourth-order valence-corrected chi connectivity index (χ4v) is 3.28. The summed E-state index contributed by atoms with van der Waals surface area (Å²) >= 11 is 6.26. The predicted molar refractivity (Wildman–Crippen MR) is 97.6 cm³/mol. The molecule has 0 bridgehead atoms. The summed E-state index contributed by atoms with van der Waals surface area (Å²) in [5.74, 6) is -0.0240. The molecule has 1 aromatic carbocycles. The standard InChI is InChI=1S/C18H23ClN4O2/c19-16-5-2-1-4-14(16)17-15(12-21-22-17)18(24)23-9-6-13(7-10-23)25-11-3-8-20/h1-2,4-5,12-13H,3,6-11,20H2,(H,21,22). The van der Waals surface area contributed by atoms with Gasteiger partial charge in [0.2, 0.25) is 0 Å². The number of nitrogens with two attached hydrogens (primary N) is 1. The number of likely N-dealkylation sites (tertiary alicyclic amines) is 1. The molecule has 0 spiro atoms. The van der Waals surface area contributed by atoms with Gasteiger partial charge in [0.05, 0.1) is 23.6 Å². The van der Waals surface area contributed by atoms with Crippen LogP contribution in [-0.2, 0) is 4.74 Å². The molecule has 134 valence electrons. The van der Waals surface area contributed by atoms with Gasteiger partial charge in [-0.2, -0.15) is 5.10 Å². The molecule has 3 rings (SSSR count). The number of amides is 1. The molecule has 25 heavy (non-hydrogen) atoms. The number of carbonyl (C=O) groups is 1. The average molecular weight is 363 g/mol. The van der Waals surface area contributed by atoms with Crippen molar-refractivity contribution in [2.24, 2.45) is 5.73 Å². The van der Waals surface area contributed by atoms with Crippen molar-refractivity contribution in [3.63, 3.8) is 0 Å². The van der Waals surface area contributed by atoms with E-state index >= 15 is 0 Å². The first-order valence-corrected chi connectivity index (χ1v) is 8.97. The van der Waals surface area contributed by atoms with Crippen LogP contribution in [-0.4, -0.2) is 53.3 Å². The fraction of sp³-hybridized carbons (Fsp3) is 0.444. The first kappa shape index (κ1) is 17.9. The Hall–Kier alpha value is -1.89. The third-order valence-electron chi connectivity index (χ3n) is 4.44. The quantitative estimate of drug-likeness (QED) is 0.774. The molecule has 6 nitrogen and oxygen atoms in total. The van der Waals surface area contributed by atoms with Crippen molar-refractivity contribution in [1.82, 2.24) is 15.1 Å². The topological polar surface area (TPSA) is 84.2 Å². The number of benzene rings is 1. The van der Waals surface area contributed by atoms with Crippen molar-refractivity contribution < 1.29 is 9.53 Å². The van der Waals surface area contributed by atoms with Crippen molar-refractivity contribution >= 4 is 17.5 Å². The van der Waals surface area contributed by atoms with Gasteiger partial charge in [-0.3, -0.25) is 9.89 Å². The van der Waals surface area contributed by atoms with Gasteiger partial charge in [0, 0.05) is 30.3 Å². The summed E-state index contributed by atoms with van der Waals surface area (Å²) in [6.07, 6.45) is 4.34. The summed E-state index contributed by atoms with van der Waals surface area (Å²) in [4.78, 5) is 14.8. The molecule has 7 heteroatoms. The largest absolute Gasteiger partial charge is 0.378 e. The van der Waals surface area contributed by atoms with Crippen molar-refractivity contribution in [2.75, 3.05) is 26.2 Å². The summed E-state index contributed by atoms with van der Waals surface area (Å²) in [6, 6.07) is 7.43. The zero-order valence-corrected chi connectivity index (χ0v) is 14.8. The molecule has 3 N–H and O–H groups in total. The number of aromatic amines is 1. The van der Waals surface area contributed by atoms with E-state index in [1.165, 1.54) is 0 Å². The lowest BCUT2D eigenvalue weighted by Gasteiger charge is -2.32. The Morgan fingerprint density at radius 3 is 2.84 bits per heavy atom. The Balaban J connectivity index is 1.66. The fourth-order valence-electron chi connectivity index (χ4n) is 3.05. The zero-order chi connectivity index (χ0) is 17.6. The number of aromatic nitrogens is 2. The number of H-pyrrole nitrogens is 1. The van der Waals surface area contributed by atoms with E-state index in [9.17, 15) is 4.79 Å². The SMILES string of the molecule is NCCCOC1CCN(C(=O)c2cn[nH]c2-c2ccccc2Cl)CC1. The van der Waals surface area contributed by atoms with Crippen LogP contribution in [0.5, 0.6) is 0 Å². The van der Waals surface area contributed by atoms with Gasteiger partial charge in [0.15, 0.2) is 0 Å². The Morgan fingerprint density at radius 2 is 2.12 bits per heavy atom. The predicted octanol–water partition coefficient (Wildman–Crippen LogP) is 2.70. The van der Waals surface area contributed by atoms with E-state index in [1.807, 2.05) is 23.1 Å². The number of hydrogen-bond donors (Lipinski definition) is 2. The second-order valence-electron chi connectivity index (χ2n) is 6.14. The first-order chi connectivity index (χ1) is 12.2. The van der Waals surface area contributed by atoms with Crippen molar-refractivity contribution in [3.05, 3.63) is 41.0 Å². The third-order valence-corrected chi connectivity index (χ3v) is 4.77. The maximum atomic E-state index is 12.9. The van der Waals surface area contributed by atoms with Crippen LogP contribution < -0.4 is 5.73 Å². The van der Waals surface area contributed by atoms with Crippen LogP contribution in [0.2, 0.25) is 5.02 Å². The van der Waals surface area contributed by atoms with Crippen molar-refractivity contribution in [2.45, 2.75) is 25.4 Å². The number of nitrogens with zero attached hydrogens (tertiary/aromatic N) is 2. The molecule has 1 fully saturated rings. The molecule has 0 saturated carbocycles. The highest BCUT2D eigenvalue weighted by molar-refractivity contribution is 6.33. The van der Waals surface area contributed by atoms with Crippen LogP contribution in [0.4, 0.5) is 0 Å². The van der Waals surface area contributed by atoms with E-state index in [0.717, 1.165) is 24.8 Å². The molecular weight excluding hydrogens is 340 g/mol. The summed E-state index contributed by atoms with van der Waals surface area (Å²) in [7, 11) is 0. The van der Waals surface area contributed by atoms with E-state index in [-0.39, 0.29) is 12.0 Å². The number of nitrogens with one attached hydrogen (secondary N) is 1. The van der Waals surface area contributed by atoms with E-state index in [0.29, 0.717) is 42.5 Å². The smallest absolute Gasteiger partial charge is 0.257 e. The van der Waals surface area contributed by atoms with Gasteiger partial charge in [-0.1, -0.05) is 29.8 Å². The Labute approximate surface area is 152 Å². The van der Waals surface area contributed by atoms with Gasteiger partial charge in [0.1, 0.15) is 0 Å². The Kier molecular flexibility index (Phi) is 6.07. The van der Waals surface area contributed by atoms with Gasteiger partial charge in [-0.05, 0) is 31.9 Å². The molecule has 1 saturated heterocycles. The number of halogens is 1. The van der Waals surface area contributed by atoms with Gasteiger partial charge in [-0.25, -0.2) is 0 Å². The molecule has 1 aliphatic heterocycles. The van der Waals surface area contributed by atoms with E-state index in [1.54, 1.807) is 12.3 Å². The minimum atomic E-state index is -0.0240. The second kappa shape index (κ2) is 8.47. The minimum absolute atomic E-state index is 0.0240. The molecule has 2 aromatic rings. The van der Waals surface area contributed by atoms with Crippen LogP contribution in [0.3, 0.4) is 0 Å². The van der Waals surface area contributed by atoms with Crippen LogP contribution in [0.15, 0.2) is 30.5 Å². The molecule has 0 aliphatic carbocycles. The lowest BCUT2D eigenvalue weighted by molar-refractivity contribution is 0.00847. The lowest BCUT2D eigenvalue weighted by Crippen LogP contribution is -2.41. The molecule has 2 heterocycles. The van der Waals surface area contributed by atoms with Gasteiger partial charge >= 0.3 is 0 Å². The number of rotatable bonds is 6. The Morgan fingerprint density at radius 1 is 1.36 bits per heavy atom. The highest BCUT2D eigenvalue weighted by Crippen LogP contribution is 2.29. The summed E-state index contributed by atoms with van der Waals surface area (Å²) in [5, 5.41) is 7.55. The molecule has 0 radical (unpaired) electrons. The molecule has 1 aromatic heterocycles. The van der Waals surface area contributed by atoms with Gasteiger partial charge < -0.3 is 15.4 Å². The van der Waals surface area contributed by atoms with E-state index < -0.39 is 0 Å². The number of hydrogen-bond acceptors (Lipinski definition) is 4.